The molecular formula is C13H22N2O3S. The van der Waals surface area contributed by atoms with Gasteiger partial charge in [-0.3, -0.25) is 4.79 Å². The van der Waals surface area contributed by atoms with Crippen LogP contribution in [0, 0.1) is 13.8 Å². The number of aliphatic hydroxyl groups excluding tert-OH is 1. The summed E-state index contributed by atoms with van der Waals surface area (Å²) in [6.07, 6.45) is 3.80. The van der Waals surface area contributed by atoms with Crippen LogP contribution in [-0.4, -0.2) is 40.8 Å². The standard InChI is InChI=1S/C13H22N2O3S/c1-9-12(10(2)18-15-9)4-5-13(17)14-11(8-16)6-7-19-3/h11,16H,4-8H2,1-3H3,(H,14,17)/t11-/m1/s1. The lowest BCUT2D eigenvalue weighted by Crippen LogP contribution is -2.38. The van der Waals surface area contributed by atoms with Gasteiger partial charge in [-0.25, -0.2) is 0 Å². The molecule has 1 rings (SSSR count). The van der Waals surface area contributed by atoms with Crippen molar-refractivity contribution in [2.45, 2.75) is 39.2 Å². The highest BCUT2D eigenvalue weighted by molar-refractivity contribution is 7.98. The van der Waals surface area contributed by atoms with Crippen molar-refractivity contribution in [1.82, 2.24) is 10.5 Å². The lowest BCUT2D eigenvalue weighted by molar-refractivity contribution is -0.122. The number of thioether (sulfide) groups is 1. The Bertz CT molecular complexity index is 387. The van der Waals surface area contributed by atoms with Crippen molar-refractivity contribution in [3.8, 4) is 0 Å². The second-order valence-corrected chi connectivity index (χ2v) is 5.52. The molecule has 0 unspecified atom stereocenters. The van der Waals surface area contributed by atoms with Crippen LogP contribution >= 0.6 is 11.8 Å². The molecule has 1 heterocycles. The summed E-state index contributed by atoms with van der Waals surface area (Å²) >= 11 is 1.70. The van der Waals surface area contributed by atoms with E-state index in [1.54, 1.807) is 11.8 Å². The molecule has 1 aromatic heterocycles. The maximum Gasteiger partial charge on any atom is 0.220 e. The van der Waals surface area contributed by atoms with E-state index in [0.717, 1.165) is 29.2 Å². The van der Waals surface area contributed by atoms with E-state index in [4.69, 9.17) is 4.52 Å². The van der Waals surface area contributed by atoms with E-state index in [2.05, 4.69) is 10.5 Å². The third-order valence-electron chi connectivity index (χ3n) is 3.04. The molecule has 0 spiro atoms. The second kappa shape index (κ2) is 8.22. The number of aromatic nitrogens is 1. The van der Waals surface area contributed by atoms with Gasteiger partial charge in [-0.15, -0.1) is 0 Å². The third kappa shape index (κ3) is 5.24. The Morgan fingerprint density at radius 3 is 2.79 bits per heavy atom. The average molecular weight is 286 g/mol. The molecule has 5 nitrogen and oxygen atoms in total. The molecule has 0 saturated heterocycles. The monoisotopic (exact) mass is 286 g/mol. The van der Waals surface area contributed by atoms with E-state index in [1.807, 2.05) is 20.1 Å². The first-order valence-corrected chi connectivity index (χ1v) is 7.78. The molecule has 108 valence electrons. The Morgan fingerprint density at radius 2 is 2.26 bits per heavy atom. The average Bonchev–Trinajstić information content (AvgIpc) is 2.71. The van der Waals surface area contributed by atoms with E-state index in [0.29, 0.717) is 12.8 Å². The van der Waals surface area contributed by atoms with Gasteiger partial charge in [0.2, 0.25) is 5.91 Å². The van der Waals surface area contributed by atoms with Crippen LogP contribution in [0.15, 0.2) is 4.52 Å². The number of rotatable bonds is 8. The minimum Gasteiger partial charge on any atom is -0.394 e. The summed E-state index contributed by atoms with van der Waals surface area (Å²) in [6, 6.07) is -0.149. The first-order valence-electron chi connectivity index (χ1n) is 6.39. The number of aliphatic hydroxyl groups is 1. The number of amides is 1. The van der Waals surface area contributed by atoms with Crippen LogP contribution in [0.3, 0.4) is 0 Å². The molecule has 6 heteroatoms. The van der Waals surface area contributed by atoms with Crippen molar-refractivity contribution < 1.29 is 14.4 Å². The molecule has 0 aromatic carbocycles. The molecule has 0 bridgehead atoms. The normalized spacial score (nSPS) is 12.4. The fourth-order valence-corrected chi connectivity index (χ4v) is 2.39. The number of nitrogens with one attached hydrogen (secondary N) is 1. The molecule has 1 aromatic rings. The predicted molar refractivity (Wildman–Crippen MR) is 76.3 cm³/mol. The van der Waals surface area contributed by atoms with Crippen LogP contribution < -0.4 is 5.32 Å². The smallest absolute Gasteiger partial charge is 0.220 e. The van der Waals surface area contributed by atoms with Crippen molar-refractivity contribution in [1.29, 1.82) is 0 Å². The lowest BCUT2D eigenvalue weighted by Gasteiger charge is -2.15. The summed E-state index contributed by atoms with van der Waals surface area (Å²) in [4.78, 5) is 11.8. The highest BCUT2D eigenvalue weighted by Crippen LogP contribution is 2.14. The van der Waals surface area contributed by atoms with Gasteiger partial charge in [0.25, 0.3) is 0 Å². The van der Waals surface area contributed by atoms with Gasteiger partial charge in [0.05, 0.1) is 18.3 Å². The van der Waals surface area contributed by atoms with E-state index >= 15 is 0 Å². The molecular weight excluding hydrogens is 264 g/mol. The van der Waals surface area contributed by atoms with Crippen molar-refractivity contribution in [2.24, 2.45) is 0 Å². The van der Waals surface area contributed by atoms with Crippen molar-refractivity contribution in [3.63, 3.8) is 0 Å². The summed E-state index contributed by atoms with van der Waals surface area (Å²) < 4.78 is 5.06. The van der Waals surface area contributed by atoms with Crippen LogP contribution in [0.1, 0.15) is 29.9 Å². The Labute approximate surface area is 118 Å². The molecule has 1 amide bonds. The van der Waals surface area contributed by atoms with Gasteiger partial charge in [-0.1, -0.05) is 5.16 Å². The number of aryl methyl sites for hydroxylation is 2. The number of hydrogen-bond acceptors (Lipinski definition) is 5. The Morgan fingerprint density at radius 1 is 1.53 bits per heavy atom. The molecule has 19 heavy (non-hydrogen) atoms. The molecule has 0 saturated carbocycles. The fourth-order valence-electron chi connectivity index (χ4n) is 1.87. The lowest BCUT2D eigenvalue weighted by atomic mass is 10.1. The number of nitrogens with zero attached hydrogens (tertiary/aromatic N) is 1. The largest absolute Gasteiger partial charge is 0.394 e. The zero-order chi connectivity index (χ0) is 14.3. The SMILES string of the molecule is CSCC[C@H](CO)NC(=O)CCc1c(C)noc1C. The summed E-state index contributed by atoms with van der Waals surface area (Å²) in [7, 11) is 0. The predicted octanol–water partition coefficient (Wildman–Crippen LogP) is 1.45. The van der Waals surface area contributed by atoms with E-state index < -0.39 is 0 Å². The van der Waals surface area contributed by atoms with Crippen LogP contribution in [0.25, 0.3) is 0 Å². The zero-order valence-electron chi connectivity index (χ0n) is 11.7. The zero-order valence-corrected chi connectivity index (χ0v) is 12.5. The molecule has 0 aliphatic rings. The van der Waals surface area contributed by atoms with Gasteiger partial charge in [-0.05, 0) is 38.7 Å². The van der Waals surface area contributed by atoms with Gasteiger partial charge in [-0.2, -0.15) is 11.8 Å². The fraction of sp³-hybridized carbons (Fsp3) is 0.692. The summed E-state index contributed by atoms with van der Waals surface area (Å²) in [6.45, 7) is 3.71. The summed E-state index contributed by atoms with van der Waals surface area (Å²) in [5.41, 5.74) is 1.84. The Balaban J connectivity index is 2.38. The van der Waals surface area contributed by atoms with Crippen molar-refractivity contribution in [2.75, 3.05) is 18.6 Å². The van der Waals surface area contributed by atoms with Gasteiger partial charge >= 0.3 is 0 Å². The van der Waals surface area contributed by atoms with Crippen LogP contribution in [0.4, 0.5) is 0 Å². The minimum atomic E-state index is -0.149. The summed E-state index contributed by atoms with van der Waals surface area (Å²) in [5.74, 6) is 1.65. The first-order chi connectivity index (χ1) is 9.08. The van der Waals surface area contributed by atoms with Crippen molar-refractivity contribution >= 4 is 17.7 Å². The molecule has 1 atom stereocenters. The Kier molecular flexibility index (Phi) is 6.94. The van der Waals surface area contributed by atoms with Crippen LogP contribution in [0.2, 0.25) is 0 Å². The van der Waals surface area contributed by atoms with Gasteiger partial charge in [0, 0.05) is 12.0 Å². The molecule has 0 aliphatic heterocycles. The Hall–Kier alpha value is -1.01. The number of carbonyl (C=O) groups excluding carboxylic acids is 1. The molecule has 2 N–H and O–H groups in total. The number of hydrogen-bond donors (Lipinski definition) is 2. The maximum atomic E-state index is 11.8. The van der Waals surface area contributed by atoms with Crippen molar-refractivity contribution in [3.05, 3.63) is 17.0 Å². The van der Waals surface area contributed by atoms with E-state index in [-0.39, 0.29) is 18.6 Å². The molecule has 0 aliphatic carbocycles. The van der Waals surface area contributed by atoms with Gasteiger partial charge in [0.15, 0.2) is 0 Å². The van der Waals surface area contributed by atoms with Crippen LogP contribution in [0.5, 0.6) is 0 Å². The highest BCUT2D eigenvalue weighted by atomic mass is 32.2. The van der Waals surface area contributed by atoms with Gasteiger partial charge < -0.3 is 14.9 Å². The number of carbonyl (C=O) groups is 1. The quantitative estimate of drug-likeness (QED) is 0.756. The highest BCUT2D eigenvalue weighted by Gasteiger charge is 2.14. The van der Waals surface area contributed by atoms with Gasteiger partial charge in [0.1, 0.15) is 5.76 Å². The molecule has 0 radical (unpaired) electrons. The van der Waals surface area contributed by atoms with Crippen LogP contribution in [-0.2, 0) is 11.2 Å². The minimum absolute atomic E-state index is 0.0162. The third-order valence-corrected chi connectivity index (χ3v) is 3.68. The maximum absolute atomic E-state index is 11.8. The molecule has 0 fully saturated rings. The topological polar surface area (TPSA) is 75.4 Å². The second-order valence-electron chi connectivity index (χ2n) is 4.53. The van der Waals surface area contributed by atoms with E-state index in [1.165, 1.54) is 0 Å². The first kappa shape index (κ1) is 16.0. The summed E-state index contributed by atoms with van der Waals surface area (Å²) in [5, 5.41) is 15.9. The van der Waals surface area contributed by atoms with E-state index in [9.17, 15) is 9.90 Å².